The van der Waals surface area contributed by atoms with Gasteiger partial charge < -0.3 is 15.2 Å². The molecule has 1 aromatic carbocycles. The number of benzene rings is 1. The highest BCUT2D eigenvalue weighted by atomic mass is 16.5. The second kappa shape index (κ2) is 4.74. The Balaban J connectivity index is 3.22. The zero-order valence-corrected chi connectivity index (χ0v) is 10.8. The highest BCUT2D eigenvalue weighted by Gasteiger charge is 2.19. The van der Waals surface area contributed by atoms with Crippen molar-refractivity contribution in [2.75, 3.05) is 14.2 Å². The van der Waals surface area contributed by atoms with Gasteiger partial charge in [0.2, 0.25) is 0 Å². The molecule has 0 bridgehead atoms. The summed E-state index contributed by atoms with van der Waals surface area (Å²) in [6.07, 6.45) is 0.722. The van der Waals surface area contributed by atoms with Gasteiger partial charge in [-0.25, -0.2) is 0 Å². The summed E-state index contributed by atoms with van der Waals surface area (Å²) in [7, 11) is 3.34. The molecule has 0 aromatic heterocycles. The van der Waals surface area contributed by atoms with Crippen LogP contribution in [-0.2, 0) is 6.42 Å². The van der Waals surface area contributed by atoms with Gasteiger partial charge in [-0.15, -0.1) is 0 Å². The van der Waals surface area contributed by atoms with Gasteiger partial charge in [-0.3, -0.25) is 0 Å². The van der Waals surface area contributed by atoms with Crippen LogP contribution in [0.1, 0.15) is 25.0 Å². The van der Waals surface area contributed by atoms with Crippen LogP contribution in [0, 0.1) is 6.92 Å². The number of aryl methyl sites for hydroxylation is 1. The minimum atomic E-state index is -0.282. The molecular formula is C13H21NO2. The second-order valence-electron chi connectivity index (χ2n) is 4.81. The fraction of sp³-hybridized carbons (Fsp3) is 0.538. The summed E-state index contributed by atoms with van der Waals surface area (Å²) in [5.74, 6) is 1.69. The maximum absolute atomic E-state index is 6.04. The quantitative estimate of drug-likeness (QED) is 0.851. The number of nitrogens with two attached hydrogens (primary N) is 1. The molecule has 1 rings (SSSR count). The van der Waals surface area contributed by atoms with Crippen LogP contribution in [0.5, 0.6) is 11.5 Å². The summed E-state index contributed by atoms with van der Waals surface area (Å²) in [5.41, 5.74) is 7.91. The lowest BCUT2D eigenvalue weighted by Gasteiger charge is -2.22. The molecule has 0 atom stereocenters. The molecule has 16 heavy (non-hydrogen) atoms. The van der Waals surface area contributed by atoms with Crippen LogP contribution in [0.15, 0.2) is 12.1 Å². The van der Waals surface area contributed by atoms with Crippen molar-refractivity contribution in [3.63, 3.8) is 0 Å². The van der Waals surface area contributed by atoms with Crippen LogP contribution < -0.4 is 15.2 Å². The van der Waals surface area contributed by atoms with E-state index >= 15 is 0 Å². The van der Waals surface area contributed by atoms with Gasteiger partial charge in [-0.2, -0.15) is 0 Å². The van der Waals surface area contributed by atoms with Crippen molar-refractivity contribution in [3.8, 4) is 11.5 Å². The predicted octanol–water partition coefficient (Wildman–Crippen LogP) is 2.29. The van der Waals surface area contributed by atoms with Gasteiger partial charge in [0.05, 0.1) is 14.2 Å². The molecule has 0 unspecified atom stereocenters. The molecule has 1 aromatic rings. The Morgan fingerprint density at radius 2 is 1.56 bits per heavy atom. The van der Waals surface area contributed by atoms with Crippen molar-refractivity contribution >= 4 is 0 Å². The third-order valence-corrected chi connectivity index (χ3v) is 2.38. The van der Waals surface area contributed by atoms with E-state index in [9.17, 15) is 0 Å². The topological polar surface area (TPSA) is 44.5 Å². The summed E-state index contributed by atoms with van der Waals surface area (Å²) >= 11 is 0. The molecular weight excluding hydrogens is 202 g/mol. The van der Waals surface area contributed by atoms with Crippen LogP contribution in [0.4, 0.5) is 0 Å². The Bertz CT molecular complexity index is 342. The maximum Gasteiger partial charge on any atom is 0.126 e. The van der Waals surface area contributed by atoms with Gasteiger partial charge in [-0.05, 0) is 44.9 Å². The van der Waals surface area contributed by atoms with Crippen LogP contribution in [0.25, 0.3) is 0 Å². The van der Waals surface area contributed by atoms with Gasteiger partial charge in [0, 0.05) is 11.1 Å². The zero-order chi connectivity index (χ0) is 12.3. The number of rotatable bonds is 4. The monoisotopic (exact) mass is 223 g/mol. The summed E-state index contributed by atoms with van der Waals surface area (Å²) in [6, 6.07) is 4.01. The smallest absolute Gasteiger partial charge is 0.126 e. The lowest BCUT2D eigenvalue weighted by Crippen LogP contribution is -2.34. The number of methoxy groups -OCH3 is 2. The molecule has 0 aliphatic rings. The molecule has 0 aliphatic carbocycles. The SMILES string of the molecule is COc1cc(C)cc(OC)c1CC(C)(C)N. The summed E-state index contributed by atoms with van der Waals surface area (Å²) in [5, 5.41) is 0. The molecule has 0 amide bonds. The average Bonchev–Trinajstić information content (AvgIpc) is 2.18. The number of hydrogen-bond donors (Lipinski definition) is 1. The maximum atomic E-state index is 6.04. The van der Waals surface area contributed by atoms with Crippen molar-refractivity contribution in [2.45, 2.75) is 32.7 Å². The Morgan fingerprint density at radius 3 is 1.88 bits per heavy atom. The van der Waals surface area contributed by atoms with Gasteiger partial charge in [-0.1, -0.05) is 0 Å². The molecule has 3 heteroatoms. The van der Waals surface area contributed by atoms with E-state index in [2.05, 4.69) is 0 Å². The third kappa shape index (κ3) is 3.14. The normalized spacial score (nSPS) is 11.4. The Labute approximate surface area is 97.6 Å². The number of ether oxygens (including phenoxy) is 2. The molecule has 90 valence electrons. The first-order chi connectivity index (χ1) is 7.37. The molecule has 3 nitrogen and oxygen atoms in total. The number of hydrogen-bond acceptors (Lipinski definition) is 3. The Morgan fingerprint density at radius 1 is 1.12 bits per heavy atom. The first kappa shape index (κ1) is 12.8. The second-order valence-corrected chi connectivity index (χ2v) is 4.81. The zero-order valence-electron chi connectivity index (χ0n) is 10.8. The minimum absolute atomic E-state index is 0.282. The van der Waals surface area contributed by atoms with E-state index in [4.69, 9.17) is 15.2 Å². The molecule has 0 spiro atoms. The van der Waals surface area contributed by atoms with E-state index in [-0.39, 0.29) is 5.54 Å². The highest BCUT2D eigenvalue weighted by Crippen LogP contribution is 2.32. The highest BCUT2D eigenvalue weighted by molar-refractivity contribution is 5.48. The van der Waals surface area contributed by atoms with Gasteiger partial charge >= 0.3 is 0 Å². The minimum Gasteiger partial charge on any atom is -0.496 e. The van der Waals surface area contributed by atoms with Crippen LogP contribution in [-0.4, -0.2) is 19.8 Å². The molecule has 0 radical (unpaired) electrons. The van der Waals surface area contributed by atoms with E-state index in [1.807, 2.05) is 32.9 Å². The molecule has 0 saturated heterocycles. The first-order valence-corrected chi connectivity index (χ1v) is 5.38. The summed E-state index contributed by atoms with van der Waals surface area (Å²) in [6.45, 7) is 6.00. The van der Waals surface area contributed by atoms with Gasteiger partial charge in [0.1, 0.15) is 11.5 Å². The van der Waals surface area contributed by atoms with Crippen molar-refractivity contribution in [2.24, 2.45) is 5.73 Å². The van der Waals surface area contributed by atoms with Crippen molar-refractivity contribution in [3.05, 3.63) is 23.3 Å². The largest absolute Gasteiger partial charge is 0.496 e. The summed E-state index contributed by atoms with van der Waals surface area (Å²) in [4.78, 5) is 0. The Hall–Kier alpha value is -1.22. The van der Waals surface area contributed by atoms with Gasteiger partial charge in [0.25, 0.3) is 0 Å². The van der Waals surface area contributed by atoms with Crippen LogP contribution in [0.2, 0.25) is 0 Å². The van der Waals surface area contributed by atoms with E-state index in [1.165, 1.54) is 0 Å². The lowest BCUT2D eigenvalue weighted by atomic mass is 9.94. The molecule has 2 N–H and O–H groups in total. The van der Waals surface area contributed by atoms with E-state index in [0.29, 0.717) is 0 Å². The third-order valence-electron chi connectivity index (χ3n) is 2.38. The molecule has 0 heterocycles. The fourth-order valence-electron chi connectivity index (χ4n) is 1.74. The van der Waals surface area contributed by atoms with E-state index < -0.39 is 0 Å². The lowest BCUT2D eigenvalue weighted by molar-refractivity contribution is 0.375. The molecule has 0 aliphatic heterocycles. The van der Waals surface area contributed by atoms with Crippen molar-refractivity contribution < 1.29 is 9.47 Å². The van der Waals surface area contributed by atoms with Crippen LogP contribution >= 0.6 is 0 Å². The molecule has 0 fully saturated rings. The van der Waals surface area contributed by atoms with Crippen molar-refractivity contribution in [1.82, 2.24) is 0 Å². The standard InChI is InChI=1S/C13H21NO2/c1-9-6-11(15-4)10(8-13(2,3)14)12(7-9)16-5/h6-7H,8,14H2,1-5H3. The van der Waals surface area contributed by atoms with Gasteiger partial charge in [0.15, 0.2) is 0 Å². The Kier molecular flexibility index (Phi) is 3.81. The molecule has 0 saturated carbocycles. The summed E-state index contributed by atoms with van der Waals surface area (Å²) < 4.78 is 10.8. The van der Waals surface area contributed by atoms with E-state index in [1.54, 1.807) is 14.2 Å². The van der Waals surface area contributed by atoms with Crippen LogP contribution in [0.3, 0.4) is 0 Å². The van der Waals surface area contributed by atoms with Crippen molar-refractivity contribution in [1.29, 1.82) is 0 Å². The fourth-order valence-corrected chi connectivity index (χ4v) is 1.74. The predicted molar refractivity (Wildman–Crippen MR) is 66.3 cm³/mol. The average molecular weight is 223 g/mol. The first-order valence-electron chi connectivity index (χ1n) is 5.38. The van der Waals surface area contributed by atoms with E-state index in [0.717, 1.165) is 29.0 Å².